The predicted molar refractivity (Wildman–Crippen MR) is 58.3 cm³/mol. The zero-order valence-corrected chi connectivity index (χ0v) is 9.37. The van der Waals surface area contributed by atoms with E-state index in [1.807, 2.05) is 6.92 Å². The van der Waals surface area contributed by atoms with E-state index in [9.17, 15) is 4.39 Å². The van der Waals surface area contributed by atoms with Crippen molar-refractivity contribution in [2.24, 2.45) is 5.73 Å². The van der Waals surface area contributed by atoms with Gasteiger partial charge in [0.05, 0.1) is 10.0 Å². The van der Waals surface area contributed by atoms with Crippen LogP contribution in [-0.2, 0) is 0 Å². The number of benzene rings is 1. The molecule has 1 aromatic rings. The molecule has 78 valence electrons. The van der Waals surface area contributed by atoms with Crippen molar-refractivity contribution in [1.29, 1.82) is 0 Å². The van der Waals surface area contributed by atoms with Crippen molar-refractivity contribution in [3.05, 3.63) is 33.6 Å². The molecule has 0 unspecified atom stereocenters. The smallest absolute Gasteiger partial charge is 0.125 e. The molecule has 14 heavy (non-hydrogen) atoms. The quantitative estimate of drug-likeness (QED) is 0.790. The normalized spacial score (nSPS) is 12.9. The van der Waals surface area contributed by atoms with Crippen LogP contribution in [0.4, 0.5) is 4.39 Å². The number of hydrogen-bond donors (Lipinski definition) is 1. The van der Waals surface area contributed by atoms with Gasteiger partial charge >= 0.3 is 0 Å². The molecule has 0 saturated heterocycles. The fraction of sp³-hybridized carbons (Fsp3) is 0.400. The molecule has 2 N–H and O–H groups in total. The summed E-state index contributed by atoms with van der Waals surface area (Å²) in [6.45, 7) is 2.01. The molecule has 1 atom stereocenters. The van der Waals surface area contributed by atoms with Gasteiger partial charge in [-0.15, -0.1) is 0 Å². The minimum atomic E-state index is -0.402. The summed E-state index contributed by atoms with van der Waals surface area (Å²) in [5.41, 5.74) is 6.42. The van der Waals surface area contributed by atoms with Gasteiger partial charge < -0.3 is 5.73 Å². The van der Waals surface area contributed by atoms with Gasteiger partial charge in [-0.1, -0.05) is 36.5 Å². The highest BCUT2D eigenvalue weighted by Crippen LogP contribution is 2.31. The van der Waals surface area contributed by atoms with Gasteiger partial charge in [0.15, 0.2) is 0 Å². The summed E-state index contributed by atoms with van der Waals surface area (Å²) in [4.78, 5) is 0. The van der Waals surface area contributed by atoms with E-state index in [4.69, 9.17) is 28.9 Å². The van der Waals surface area contributed by atoms with Crippen molar-refractivity contribution in [3.8, 4) is 0 Å². The Morgan fingerprint density at radius 2 is 2.07 bits per heavy atom. The van der Waals surface area contributed by atoms with E-state index in [1.165, 1.54) is 12.1 Å². The van der Waals surface area contributed by atoms with E-state index in [0.29, 0.717) is 10.6 Å². The molecule has 0 heterocycles. The van der Waals surface area contributed by atoms with Crippen LogP contribution in [-0.4, -0.2) is 0 Å². The van der Waals surface area contributed by atoms with Gasteiger partial charge in [0.2, 0.25) is 0 Å². The molecular formula is C10H12Cl2FN. The van der Waals surface area contributed by atoms with Crippen LogP contribution in [0.5, 0.6) is 0 Å². The van der Waals surface area contributed by atoms with Gasteiger partial charge in [0, 0.05) is 6.04 Å². The first kappa shape index (κ1) is 11.8. The lowest BCUT2D eigenvalue weighted by Gasteiger charge is -2.13. The second kappa shape index (κ2) is 4.96. The van der Waals surface area contributed by atoms with Crippen molar-refractivity contribution in [2.45, 2.75) is 25.8 Å². The lowest BCUT2D eigenvalue weighted by atomic mass is 10.0. The number of nitrogens with two attached hydrogens (primary N) is 1. The first-order chi connectivity index (χ1) is 6.56. The maximum Gasteiger partial charge on any atom is 0.125 e. The number of rotatable bonds is 3. The van der Waals surface area contributed by atoms with Crippen molar-refractivity contribution in [1.82, 2.24) is 0 Å². The average Bonchev–Trinajstić information content (AvgIpc) is 2.11. The summed E-state index contributed by atoms with van der Waals surface area (Å²) in [6.07, 6.45) is 1.69. The third-order valence-electron chi connectivity index (χ3n) is 2.02. The topological polar surface area (TPSA) is 26.0 Å². The maximum absolute atomic E-state index is 13.0. The van der Waals surface area contributed by atoms with Gasteiger partial charge in [0.1, 0.15) is 5.82 Å². The van der Waals surface area contributed by atoms with E-state index < -0.39 is 5.82 Å². The Balaban J connectivity index is 3.07. The third-order valence-corrected chi connectivity index (χ3v) is 2.84. The molecule has 0 spiro atoms. The molecular weight excluding hydrogens is 224 g/mol. The van der Waals surface area contributed by atoms with Crippen LogP contribution < -0.4 is 5.73 Å². The van der Waals surface area contributed by atoms with Gasteiger partial charge in [0.25, 0.3) is 0 Å². The Hall–Kier alpha value is -0.310. The predicted octanol–water partition coefficient (Wildman–Crippen LogP) is 3.93. The van der Waals surface area contributed by atoms with E-state index >= 15 is 0 Å². The molecule has 0 amide bonds. The molecule has 0 aromatic heterocycles. The fourth-order valence-electron chi connectivity index (χ4n) is 1.31. The summed E-state index contributed by atoms with van der Waals surface area (Å²) in [6, 6.07) is 2.28. The Morgan fingerprint density at radius 3 is 2.64 bits per heavy atom. The minimum absolute atomic E-state index is 0.216. The number of hydrogen-bond acceptors (Lipinski definition) is 1. The van der Waals surface area contributed by atoms with Crippen LogP contribution in [0.1, 0.15) is 31.4 Å². The van der Waals surface area contributed by atoms with E-state index in [0.717, 1.165) is 12.8 Å². The zero-order chi connectivity index (χ0) is 10.7. The Bertz CT molecular complexity index is 328. The lowest BCUT2D eigenvalue weighted by molar-refractivity contribution is 0.605. The third kappa shape index (κ3) is 2.59. The molecule has 0 radical (unpaired) electrons. The van der Waals surface area contributed by atoms with Crippen LogP contribution in [0.3, 0.4) is 0 Å². The molecule has 1 nitrogen and oxygen atoms in total. The monoisotopic (exact) mass is 235 g/mol. The van der Waals surface area contributed by atoms with Crippen LogP contribution in [0, 0.1) is 5.82 Å². The molecule has 0 saturated carbocycles. The van der Waals surface area contributed by atoms with Crippen LogP contribution in [0.15, 0.2) is 12.1 Å². The van der Waals surface area contributed by atoms with Gasteiger partial charge in [-0.2, -0.15) is 0 Å². The zero-order valence-electron chi connectivity index (χ0n) is 7.86. The molecule has 0 aliphatic carbocycles. The largest absolute Gasteiger partial charge is 0.324 e. The van der Waals surface area contributed by atoms with E-state index in [-0.39, 0.29) is 11.1 Å². The first-order valence-electron chi connectivity index (χ1n) is 4.46. The summed E-state index contributed by atoms with van der Waals surface area (Å²) in [5, 5.41) is 0.572. The first-order valence-corrected chi connectivity index (χ1v) is 5.21. The molecule has 0 bridgehead atoms. The highest BCUT2D eigenvalue weighted by Gasteiger charge is 2.13. The van der Waals surface area contributed by atoms with Crippen molar-refractivity contribution in [2.75, 3.05) is 0 Å². The summed E-state index contributed by atoms with van der Waals surface area (Å²) >= 11 is 11.7. The molecule has 0 fully saturated rings. The molecule has 4 heteroatoms. The molecule has 1 rings (SSSR count). The second-order valence-corrected chi connectivity index (χ2v) is 3.97. The summed E-state index contributed by atoms with van der Waals surface area (Å²) in [5.74, 6) is -0.402. The number of halogens is 3. The Labute approximate surface area is 93.0 Å². The van der Waals surface area contributed by atoms with Crippen molar-refractivity contribution < 1.29 is 4.39 Å². The van der Waals surface area contributed by atoms with Gasteiger partial charge in [-0.3, -0.25) is 0 Å². The van der Waals surface area contributed by atoms with Crippen molar-refractivity contribution in [3.63, 3.8) is 0 Å². The van der Waals surface area contributed by atoms with Crippen LogP contribution in [0.25, 0.3) is 0 Å². The fourth-order valence-corrected chi connectivity index (χ4v) is 1.77. The highest BCUT2D eigenvalue weighted by molar-refractivity contribution is 6.42. The standard InChI is InChI=1S/C10H12Cl2FN/c1-2-3-9(14)7-4-6(13)5-8(11)10(7)12/h4-5,9H,2-3,14H2,1H3/t9-/m1/s1. The van der Waals surface area contributed by atoms with Crippen LogP contribution >= 0.6 is 23.2 Å². The van der Waals surface area contributed by atoms with E-state index in [1.54, 1.807) is 0 Å². The summed E-state index contributed by atoms with van der Waals surface area (Å²) in [7, 11) is 0. The Kier molecular flexibility index (Phi) is 4.17. The minimum Gasteiger partial charge on any atom is -0.324 e. The lowest BCUT2D eigenvalue weighted by Crippen LogP contribution is -2.10. The second-order valence-electron chi connectivity index (χ2n) is 3.19. The van der Waals surface area contributed by atoms with Gasteiger partial charge in [-0.05, 0) is 24.1 Å². The average molecular weight is 236 g/mol. The SMILES string of the molecule is CCC[C@@H](N)c1cc(F)cc(Cl)c1Cl. The van der Waals surface area contributed by atoms with E-state index in [2.05, 4.69) is 0 Å². The maximum atomic E-state index is 13.0. The van der Waals surface area contributed by atoms with Gasteiger partial charge in [-0.25, -0.2) is 4.39 Å². The highest BCUT2D eigenvalue weighted by atomic mass is 35.5. The summed E-state index contributed by atoms with van der Waals surface area (Å²) < 4.78 is 13.0. The Morgan fingerprint density at radius 1 is 1.43 bits per heavy atom. The molecule has 0 aliphatic heterocycles. The molecule has 1 aromatic carbocycles. The van der Waals surface area contributed by atoms with Crippen molar-refractivity contribution >= 4 is 23.2 Å². The van der Waals surface area contributed by atoms with Crippen LogP contribution in [0.2, 0.25) is 10.0 Å². The molecule has 0 aliphatic rings.